The van der Waals surface area contributed by atoms with Crippen molar-refractivity contribution in [1.29, 1.82) is 0 Å². The average Bonchev–Trinajstić information content (AvgIpc) is 2.25. The summed E-state index contributed by atoms with van der Waals surface area (Å²) in [6.07, 6.45) is 0. The zero-order valence-corrected chi connectivity index (χ0v) is 11.8. The number of benzene rings is 1. The van der Waals surface area contributed by atoms with Crippen LogP contribution < -0.4 is 0 Å². The zero-order valence-electron chi connectivity index (χ0n) is 11.8. The molecule has 0 amide bonds. The lowest BCUT2D eigenvalue weighted by molar-refractivity contribution is 0.283. The molecule has 0 aliphatic rings. The Labute approximate surface area is 109 Å². The molecule has 0 saturated heterocycles. The number of pyridine rings is 1. The topological polar surface area (TPSA) is 33.1 Å². The van der Waals surface area contributed by atoms with Crippen LogP contribution in [-0.4, -0.2) is 10.1 Å². The number of rotatable bonds is 1. The number of hydrogen-bond donors (Lipinski definition) is 1. The SMILES string of the molecule is Cc1cc(C)c2c(CO)cc(C(C)(C)C)nc2c1. The van der Waals surface area contributed by atoms with Crippen LogP contribution in [0, 0.1) is 13.8 Å². The minimum atomic E-state index is -0.00421. The molecule has 0 saturated carbocycles. The van der Waals surface area contributed by atoms with E-state index in [1.54, 1.807) is 0 Å². The highest BCUT2D eigenvalue weighted by atomic mass is 16.3. The third kappa shape index (κ3) is 2.25. The maximum Gasteiger partial charge on any atom is 0.0714 e. The van der Waals surface area contributed by atoms with Gasteiger partial charge in [0, 0.05) is 16.5 Å². The third-order valence-corrected chi connectivity index (χ3v) is 3.27. The van der Waals surface area contributed by atoms with Gasteiger partial charge < -0.3 is 5.11 Å². The molecule has 1 heterocycles. The molecule has 2 nitrogen and oxygen atoms in total. The van der Waals surface area contributed by atoms with Crippen molar-refractivity contribution in [3.8, 4) is 0 Å². The molecule has 0 bridgehead atoms. The van der Waals surface area contributed by atoms with E-state index in [-0.39, 0.29) is 12.0 Å². The largest absolute Gasteiger partial charge is 0.392 e. The van der Waals surface area contributed by atoms with Crippen LogP contribution in [0.4, 0.5) is 0 Å². The highest BCUT2D eigenvalue weighted by molar-refractivity contribution is 5.86. The molecule has 0 spiro atoms. The Kier molecular flexibility index (Phi) is 3.16. The van der Waals surface area contributed by atoms with Gasteiger partial charge in [-0.15, -0.1) is 0 Å². The summed E-state index contributed by atoms with van der Waals surface area (Å²) in [6.45, 7) is 10.6. The highest BCUT2D eigenvalue weighted by Crippen LogP contribution is 2.28. The molecule has 18 heavy (non-hydrogen) atoms. The number of fused-ring (bicyclic) bond motifs is 1. The van der Waals surface area contributed by atoms with Crippen molar-refractivity contribution in [2.24, 2.45) is 0 Å². The minimum absolute atomic E-state index is 0.00421. The van der Waals surface area contributed by atoms with Crippen LogP contribution in [-0.2, 0) is 12.0 Å². The van der Waals surface area contributed by atoms with Gasteiger partial charge in [-0.1, -0.05) is 26.8 Å². The fourth-order valence-corrected chi connectivity index (χ4v) is 2.36. The minimum Gasteiger partial charge on any atom is -0.392 e. The normalized spacial score (nSPS) is 12.1. The van der Waals surface area contributed by atoms with E-state index < -0.39 is 0 Å². The summed E-state index contributed by atoms with van der Waals surface area (Å²) in [7, 11) is 0. The molecule has 0 fully saturated rings. The number of aryl methyl sites for hydroxylation is 2. The summed E-state index contributed by atoms with van der Waals surface area (Å²) in [6, 6.07) is 6.27. The van der Waals surface area contributed by atoms with E-state index in [1.165, 1.54) is 11.1 Å². The first-order valence-electron chi connectivity index (χ1n) is 6.35. The average molecular weight is 243 g/mol. The van der Waals surface area contributed by atoms with Crippen LogP contribution in [0.25, 0.3) is 10.9 Å². The van der Waals surface area contributed by atoms with Gasteiger partial charge in [-0.25, -0.2) is 0 Å². The van der Waals surface area contributed by atoms with E-state index in [9.17, 15) is 5.11 Å². The quantitative estimate of drug-likeness (QED) is 0.829. The summed E-state index contributed by atoms with van der Waals surface area (Å²) in [5.41, 5.74) is 5.38. The van der Waals surface area contributed by atoms with E-state index in [0.29, 0.717) is 0 Å². The van der Waals surface area contributed by atoms with Crippen LogP contribution >= 0.6 is 0 Å². The molecule has 1 aromatic carbocycles. The van der Waals surface area contributed by atoms with Crippen LogP contribution in [0.3, 0.4) is 0 Å². The number of aromatic nitrogens is 1. The number of nitrogens with zero attached hydrogens (tertiary/aromatic N) is 1. The Balaban J connectivity index is 2.84. The molecule has 0 aliphatic heterocycles. The van der Waals surface area contributed by atoms with Gasteiger partial charge in [0.25, 0.3) is 0 Å². The molecule has 96 valence electrons. The van der Waals surface area contributed by atoms with Crippen molar-refractivity contribution in [3.05, 3.63) is 40.6 Å². The fraction of sp³-hybridized carbons (Fsp3) is 0.438. The summed E-state index contributed by atoms with van der Waals surface area (Å²) in [4.78, 5) is 4.77. The van der Waals surface area contributed by atoms with E-state index in [2.05, 4.69) is 46.8 Å². The molecule has 2 aromatic rings. The number of aliphatic hydroxyl groups is 1. The van der Waals surface area contributed by atoms with Gasteiger partial charge in [0.1, 0.15) is 0 Å². The Morgan fingerprint density at radius 2 is 1.78 bits per heavy atom. The van der Waals surface area contributed by atoms with Gasteiger partial charge in [0.2, 0.25) is 0 Å². The third-order valence-electron chi connectivity index (χ3n) is 3.27. The summed E-state index contributed by atoms with van der Waals surface area (Å²) < 4.78 is 0. The highest BCUT2D eigenvalue weighted by Gasteiger charge is 2.18. The van der Waals surface area contributed by atoms with Crippen molar-refractivity contribution in [3.63, 3.8) is 0 Å². The summed E-state index contributed by atoms with van der Waals surface area (Å²) >= 11 is 0. The molecule has 0 aliphatic carbocycles. The van der Waals surface area contributed by atoms with Gasteiger partial charge in [-0.2, -0.15) is 0 Å². The lowest BCUT2D eigenvalue weighted by Gasteiger charge is -2.20. The second-order valence-corrected chi connectivity index (χ2v) is 6.05. The molecule has 0 atom stereocenters. The molecule has 1 aromatic heterocycles. The van der Waals surface area contributed by atoms with Crippen LogP contribution in [0.5, 0.6) is 0 Å². The maximum absolute atomic E-state index is 9.59. The van der Waals surface area contributed by atoms with Crippen LogP contribution in [0.2, 0.25) is 0 Å². The Hall–Kier alpha value is -1.41. The van der Waals surface area contributed by atoms with E-state index >= 15 is 0 Å². The zero-order chi connectivity index (χ0) is 13.5. The number of aliphatic hydroxyl groups excluding tert-OH is 1. The summed E-state index contributed by atoms with van der Waals surface area (Å²) in [5.74, 6) is 0. The summed E-state index contributed by atoms with van der Waals surface area (Å²) in [5, 5.41) is 10.7. The van der Waals surface area contributed by atoms with Crippen LogP contribution in [0.15, 0.2) is 18.2 Å². The second-order valence-electron chi connectivity index (χ2n) is 6.05. The van der Waals surface area contributed by atoms with Crippen molar-refractivity contribution in [1.82, 2.24) is 4.98 Å². The number of hydrogen-bond acceptors (Lipinski definition) is 2. The van der Waals surface area contributed by atoms with Crippen molar-refractivity contribution >= 4 is 10.9 Å². The molecule has 1 N–H and O–H groups in total. The Morgan fingerprint density at radius 3 is 2.33 bits per heavy atom. The Bertz CT molecular complexity index is 594. The predicted molar refractivity (Wildman–Crippen MR) is 75.8 cm³/mol. The van der Waals surface area contributed by atoms with Gasteiger partial charge in [-0.05, 0) is 42.7 Å². The first kappa shape index (κ1) is 13.0. The van der Waals surface area contributed by atoms with Gasteiger partial charge in [0.05, 0.1) is 12.1 Å². The monoisotopic (exact) mass is 243 g/mol. The predicted octanol–water partition coefficient (Wildman–Crippen LogP) is 3.64. The molecular formula is C16H21NO. The second kappa shape index (κ2) is 4.36. The van der Waals surface area contributed by atoms with Crippen LogP contribution in [0.1, 0.15) is 43.2 Å². The van der Waals surface area contributed by atoms with Gasteiger partial charge in [0.15, 0.2) is 0 Å². The first-order valence-corrected chi connectivity index (χ1v) is 6.35. The Morgan fingerprint density at radius 1 is 1.11 bits per heavy atom. The molecule has 2 heteroatoms. The van der Waals surface area contributed by atoms with Crippen molar-refractivity contribution in [2.45, 2.75) is 46.6 Å². The molecule has 0 radical (unpaired) electrons. The van der Waals surface area contributed by atoms with Crippen molar-refractivity contribution < 1.29 is 5.11 Å². The molecular weight excluding hydrogens is 222 g/mol. The maximum atomic E-state index is 9.59. The van der Waals surface area contributed by atoms with E-state index in [0.717, 1.165) is 22.2 Å². The van der Waals surface area contributed by atoms with Gasteiger partial charge in [-0.3, -0.25) is 4.98 Å². The molecule has 0 unspecified atom stereocenters. The van der Waals surface area contributed by atoms with Crippen molar-refractivity contribution in [2.75, 3.05) is 0 Å². The lowest BCUT2D eigenvalue weighted by atomic mass is 9.89. The van der Waals surface area contributed by atoms with E-state index in [1.807, 2.05) is 6.07 Å². The lowest BCUT2D eigenvalue weighted by Crippen LogP contribution is -2.14. The fourth-order valence-electron chi connectivity index (χ4n) is 2.36. The first-order chi connectivity index (χ1) is 8.32. The molecule has 2 rings (SSSR count). The smallest absolute Gasteiger partial charge is 0.0714 e. The van der Waals surface area contributed by atoms with E-state index in [4.69, 9.17) is 4.98 Å². The standard InChI is InChI=1S/C16H21NO/c1-10-6-11(2)15-12(9-18)8-14(16(3,4)5)17-13(15)7-10/h6-8,18H,9H2,1-5H3. The van der Waals surface area contributed by atoms with Gasteiger partial charge >= 0.3 is 0 Å².